The maximum atomic E-state index is 10.3. The second-order valence-corrected chi connectivity index (χ2v) is 11.9. The van der Waals surface area contributed by atoms with Gasteiger partial charge in [-0.25, -0.2) is 0 Å². The van der Waals surface area contributed by atoms with Crippen molar-refractivity contribution in [2.24, 2.45) is 34.5 Å². The minimum Gasteiger partial charge on any atom is -0.393 e. The molecule has 2 unspecified atom stereocenters. The number of allylic oxidation sites excluding steroid dienone is 4. The van der Waals surface area contributed by atoms with Gasteiger partial charge in [-0.2, -0.15) is 0 Å². The van der Waals surface area contributed by atoms with Crippen molar-refractivity contribution in [1.82, 2.24) is 0 Å². The Kier molecular flexibility index (Phi) is 6.05. The van der Waals surface area contributed by atoms with Crippen LogP contribution in [0.2, 0.25) is 0 Å². The summed E-state index contributed by atoms with van der Waals surface area (Å²) in [5, 5.41) is 29.8. The fraction of sp³-hybridized carbons (Fsp3) is 0.852. The van der Waals surface area contributed by atoms with Crippen molar-refractivity contribution < 1.29 is 15.3 Å². The first kappa shape index (κ1) is 22.6. The van der Waals surface area contributed by atoms with E-state index in [1.807, 2.05) is 0 Å². The van der Waals surface area contributed by atoms with E-state index in [0.29, 0.717) is 35.0 Å². The monoisotopic (exact) mass is 416 g/mol. The van der Waals surface area contributed by atoms with Gasteiger partial charge in [0, 0.05) is 0 Å². The molecule has 0 amide bonds. The highest BCUT2D eigenvalue weighted by Crippen LogP contribution is 2.66. The van der Waals surface area contributed by atoms with E-state index in [0.717, 1.165) is 12.3 Å². The third-order valence-electron chi connectivity index (χ3n) is 10.2. The third-order valence-corrected chi connectivity index (χ3v) is 10.2. The van der Waals surface area contributed by atoms with E-state index in [-0.39, 0.29) is 0 Å². The smallest absolute Gasteiger partial charge is 0.111 e. The van der Waals surface area contributed by atoms with Crippen molar-refractivity contribution in [3.05, 3.63) is 23.3 Å². The zero-order chi connectivity index (χ0) is 21.7. The molecule has 0 bridgehead atoms. The van der Waals surface area contributed by atoms with Gasteiger partial charge < -0.3 is 15.3 Å². The summed E-state index contributed by atoms with van der Waals surface area (Å²) in [5.41, 5.74) is 2.86. The standard InChI is InChI=1S/C27H44O3/c1-18(8-13-24(29)27(4,30)17-28)21-11-12-22-20-10-9-19-7-5-6-15-25(19,2)23(20)14-16-26(21,22)3/h9-10,18,21-24,28-30H,5-8,11-17H2,1-4H3/t18-,21-,22+,23+,24?,25+,26-,27?/m1/s1. The van der Waals surface area contributed by atoms with Crippen LogP contribution in [0.5, 0.6) is 0 Å². The van der Waals surface area contributed by atoms with Gasteiger partial charge in [0.15, 0.2) is 0 Å². The van der Waals surface area contributed by atoms with Crippen LogP contribution in [0.1, 0.15) is 91.9 Å². The summed E-state index contributed by atoms with van der Waals surface area (Å²) in [7, 11) is 0. The van der Waals surface area contributed by atoms with Gasteiger partial charge in [0.05, 0.1) is 12.7 Å². The highest BCUT2D eigenvalue weighted by atomic mass is 16.4. The van der Waals surface area contributed by atoms with E-state index in [9.17, 15) is 15.3 Å². The lowest BCUT2D eigenvalue weighted by Gasteiger charge is -2.54. The molecule has 4 aliphatic carbocycles. The van der Waals surface area contributed by atoms with Crippen LogP contribution in [0.25, 0.3) is 0 Å². The summed E-state index contributed by atoms with van der Waals surface area (Å²) in [5.74, 6) is 2.68. The molecule has 4 aliphatic rings. The molecular formula is C27H44O3. The van der Waals surface area contributed by atoms with Crippen LogP contribution in [-0.4, -0.2) is 33.6 Å². The summed E-state index contributed by atoms with van der Waals surface area (Å²) in [4.78, 5) is 0. The molecular weight excluding hydrogens is 372 g/mol. The summed E-state index contributed by atoms with van der Waals surface area (Å²) in [6, 6.07) is 0. The molecule has 3 fully saturated rings. The topological polar surface area (TPSA) is 60.7 Å². The van der Waals surface area contributed by atoms with Crippen molar-refractivity contribution in [1.29, 1.82) is 0 Å². The van der Waals surface area contributed by atoms with Crippen molar-refractivity contribution in [3.8, 4) is 0 Å². The highest BCUT2D eigenvalue weighted by Gasteiger charge is 2.56. The predicted octanol–water partition coefficient (Wildman–Crippen LogP) is 5.40. The van der Waals surface area contributed by atoms with E-state index < -0.39 is 18.3 Å². The van der Waals surface area contributed by atoms with Crippen molar-refractivity contribution in [3.63, 3.8) is 0 Å². The average molecular weight is 417 g/mol. The Hall–Kier alpha value is -0.640. The maximum Gasteiger partial charge on any atom is 0.111 e. The highest BCUT2D eigenvalue weighted by molar-refractivity contribution is 5.38. The molecule has 8 atom stereocenters. The molecule has 0 aromatic carbocycles. The predicted molar refractivity (Wildman–Crippen MR) is 122 cm³/mol. The fourth-order valence-corrected chi connectivity index (χ4v) is 8.05. The Morgan fingerprint density at radius 1 is 1.07 bits per heavy atom. The second kappa shape index (κ2) is 8.05. The quantitative estimate of drug-likeness (QED) is 0.543. The summed E-state index contributed by atoms with van der Waals surface area (Å²) < 4.78 is 0. The Morgan fingerprint density at radius 2 is 1.83 bits per heavy atom. The molecule has 0 saturated heterocycles. The molecule has 3 nitrogen and oxygen atoms in total. The first-order chi connectivity index (χ1) is 14.1. The molecule has 0 aliphatic heterocycles. The van der Waals surface area contributed by atoms with Crippen LogP contribution < -0.4 is 0 Å². The Morgan fingerprint density at radius 3 is 2.57 bits per heavy atom. The number of aliphatic hydroxyl groups is 3. The van der Waals surface area contributed by atoms with E-state index in [4.69, 9.17) is 0 Å². The van der Waals surface area contributed by atoms with Crippen molar-refractivity contribution in [2.45, 2.75) is 104 Å². The number of rotatable bonds is 6. The number of hydrogen-bond acceptors (Lipinski definition) is 3. The molecule has 4 rings (SSSR count). The lowest BCUT2D eigenvalue weighted by Crippen LogP contribution is -2.45. The third kappa shape index (κ3) is 3.53. The number of fused-ring (bicyclic) bond motifs is 5. The molecule has 0 heterocycles. The van der Waals surface area contributed by atoms with Gasteiger partial charge >= 0.3 is 0 Å². The molecule has 3 heteroatoms. The summed E-state index contributed by atoms with van der Waals surface area (Å²) >= 11 is 0. The number of aliphatic hydroxyl groups excluding tert-OH is 2. The zero-order valence-electron chi connectivity index (χ0n) is 19.7. The summed E-state index contributed by atoms with van der Waals surface area (Å²) in [6.45, 7) is 8.59. The lowest BCUT2D eigenvalue weighted by atomic mass is 9.50. The van der Waals surface area contributed by atoms with E-state index in [2.05, 4.69) is 32.9 Å². The Balaban J connectivity index is 1.48. The van der Waals surface area contributed by atoms with Crippen LogP contribution in [0.4, 0.5) is 0 Å². The minimum absolute atomic E-state index is 0.364. The molecule has 30 heavy (non-hydrogen) atoms. The van der Waals surface area contributed by atoms with Crippen molar-refractivity contribution in [2.75, 3.05) is 6.61 Å². The first-order valence-corrected chi connectivity index (χ1v) is 12.6. The SMILES string of the molecule is C[C@H](CCC(O)C(C)(O)CO)[C@H]1CC[C@H]2C3=CC=C4CCCC[C@]4(C)[C@H]3CC[C@]12C. The van der Waals surface area contributed by atoms with E-state index in [1.54, 1.807) is 11.1 Å². The zero-order valence-corrected chi connectivity index (χ0v) is 19.7. The summed E-state index contributed by atoms with van der Waals surface area (Å²) in [6.07, 6.45) is 16.3. The van der Waals surface area contributed by atoms with Gasteiger partial charge in [-0.15, -0.1) is 0 Å². The van der Waals surface area contributed by atoms with E-state index in [1.165, 1.54) is 58.3 Å². The Bertz CT molecular complexity index is 707. The van der Waals surface area contributed by atoms with Gasteiger partial charge in [-0.1, -0.05) is 50.5 Å². The minimum atomic E-state index is -1.40. The average Bonchev–Trinajstić information content (AvgIpc) is 3.08. The Labute approximate surface area is 183 Å². The first-order valence-electron chi connectivity index (χ1n) is 12.6. The maximum absolute atomic E-state index is 10.3. The molecule has 0 radical (unpaired) electrons. The fourth-order valence-electron chi connectivity index (χ4n) is 8.05. The molecule has 0 aromatic heterocycles. The van der Waals surface area contributed by atoms with Crippen LogP contribution in [-0.2, 0) is 0 Å². The molecule has 3 N–H and O–H groups in total. The van der Waals surface area contributed by atoms with Gasteiger partial charge in [0.1, 0.15) is 5.60 Å². The van der Waals surface area contributed by atoms with Gasteiger partial charge in [0.25, 0.3) is 0 Å². The van der Waals surface area contributed by atoms with Crippen LogP contribution in [0.15, 0.2) is 23.3 Å². The van der Waals surface area contributed by atoms with Gasteiger partial charge in [0.2, 0.25) is 0 Å². The van der Waals surface area contributed by atoms with E-state index >= 15 is 0 Å². The number of hydrogen-bond donors (Lipinski definition) is 3. The van der Waals surface area contributed by atoms with Crippen LogP contribution >= 0.6 is 0 Å². The van der Waals surface area contributed by atoms with Crippen LogP contribution in [0.3, 0.4) is 0 Å². The lowest BCUT2D eigenvalue weighted by molar-refractivity contribution is -0.0971. The largest absolute Gasteiger partial charge is 0.393 e. The normalized spacial score (nSPS) is 42.2. The van der Waals surface area contributed by atoms with Gasteiger partial charge in [-0.05, 0) is 99.2 Å². The second-order valence-electron chi connectivity index (χ2n) is 11.9. The molecule has 0 aromatic rings. The molecule has 0 spiro atoms. The van der Waals surface area contributed by atoms with Crippen molar-refractivity contribution >= 4 is 0 Å². The van der Waals surface area contributed by atoms with Crippen LogP contribution in [0, 0.1) is 34.5 Å². The molecule has 3 saturated carbocycles. The van der Waals surface area contributed by atoms with Gasteiger partial charge in [-0.3, -0.25) is 0 Å². The molecule has 170 valence electrons.